The van der Waals surface area contributed by atoms with Crippen molar-refractivity contribution in [2.75, 3.05) is 5.33 Å². The molecule has 2 rings (SSSR count). The van der Waals surface area contributed by atoms with E-state index in [-0.39, 0.29) is 11.9 Å². The molecule has 1 N–H and O–H groups in total. The molecule has 0 aliphatic carbocycles. The summed E-state index contributed by atoms with van der Waals surface area (Å²) in [7, 11) is 0. The SMILES string of the molecule is O=C(NC(CBr)c1ccccc1)c1ccccc1. The third-order valence-corrected chi connectivity index (χ3v) is 3.35. The van der Waals surface area contributed by atoms with Crippen LogP contribution in [0.15, 0.2) is 60.7 Å². The van der Waals surface area contributed by atoms with E-state index in [2.05, 4.69) is 21.2 Å². The lowest BCUT2D eigenvalue weighted by atomic mass is 10.1. The molecule has 0 radical (unpaired) electrons. The van der Waals surface area contributed by atoms with Crippen LogP contribution in [0.2, 0.25) is 0 Å². The number of benzene rings is 2. The third-order valence-electron chi connectivity index (χ3n) is 2.70. The number of hydrogen-bond donors (Lipinski definition) is 1. The highest BCUT2D eigenvalue weighted by Gasteiger charge is 2.13. The molecule has 1 atom stereocenters. The molecule has 1 unspecified atom stereocenters. The third kappa shape index (κ3) is 3.20. The number of carbonyl (C=O) groups excluding carboxylic acids is 1. The van der Waals surface area contributed by atoms with Gasteiger partial charge in [0.05, 0.1) is 6.04 Å². The van der Waals surface area contributed by atoms with E-state index >= 15 is 0 Å². The van der Waals surface area contributed by atoms with Crippen molar-refractivity contribution >= 4 is 21.8 Å². The minimum atomic E-state index is -0.0519. The summed E-state index contributed by atoms with van der Waals surface area (Å²) in [4.78, 5) is 12.1. The Morgan fingerprint density at radius 2 is 1.56 bits per heavy atom. The van der Waals surface area contributed by atoms with Crippen molar-refractivity contribution in [1.29, 1.82) is 0 Å². The zero-order valence-electron chi connectivity index (χ0n) is 9.84. The van der Waals surface area contributed by atoms with Crippen LogP contribution < -0.4 is 5.32 Å². The summed E-state index contributed by atoms with van der Waals surface area (Å²) >= 11 is 3.44. The first-order chi connectivity index (χ1) is 8.81. The fourth-order valence-electron chi connectivity index (χ4n) is 1.73. The van der Waals surface area contributed by atoms with Gasteiger partial charge in [-0.2, -0.15) is 0 Å². The van der Waals surface area contributed by atoms with E-state index < -0.39 is 0 Å². The highest BCUT2D eigenvalue weighted by molar-refractivity contribution is 9.09. The molecule has 18 heavy (non-hydrogen) atoms. The van der Waals surface area contributed by atoms with Crippen molar-refractivity contribution < 1.29 is 4.79 Å². The maximum atomic E-state index is 12.1. The van der Waals surface area contributed by atoms with Crippen LogP contribution in [-0.2, 0) is 0 Å². The minimum absolute atomic E-state index is 0.0149. The van der Waals surface area contributed by atoms with E-state index in [4.69, 9.17) is 0 Å². The molecule has 92 valence electrons. The average Bonchev–Trinajstić information content (AvgIpc) is 2.46. The van der Waals surface area contributed by atoms with Gasteiger partial charge in [0.1, 0.15) is 0 Å². The van der Waals surface area contributed by atoms with Crippen molar-refractivity contribution in [3.8, 4) is 0 Å². The minimum Gasteiger partial charge on any atom is -0.344 e. The van der Waals surface area contributed by atoms with Crippen LogP contribution >= 0.6 is 15.9 Å². The number of carbonyl (C=O) groups is 1. The molecule has 0 spiro atoms. The predicted octanol–water partition coefficient (Wildman–Crippen LogP) is 3.55. The van der Waals surface area contributed by atoms with Crippen molar-refractivity contribution in [2.24, 2.45) is 0 Å². The average molecular weight is 304 g/mol. The van der Waals surface area contributed by atoms with Gasteiger partial charge in [-0.15, -0.1) is 0 Å². The van der Waals surface area contributed by atoms with Gasteiger partial charge in [-0.1, -0.05) is 64.5 Å². The maximum Gasteiger partial charge on any atom is 0.251 e. The summed E-state index contributed by atoms with van der Waals surface area (Å²) < 4.78 is 0. The van der Waals surface area contributed by atoms with Crippen LogP contribution in [0.25, 0.3) is 0 Å². The highest BCUT2D eigenvalue weighted by Crippen LogP contribution is 2.15. The Balaban J connectivity index is 2.10. The Kier molecular flexibility index (Phi) is 4.53. The Hall–Kier alpha value is -1.61. The van der Waals surface area contributed by atoms with Gasteiger partial charge in [0.15, 0.2) is 0 Å². The predicted molar refractivity (Wildman–Crippen MR) is 76.9 cm³/mol. The Labute approximate surface area is 115 Å². The normalized spacial score (nSPS) is 11.8. The first-order valence-corrected chi connectivity index (χ1v) is 6.90. The standard InChI is InChI=1S/C15H14BrNO/c16-11-14(12-7-3-1-4-8-12)17-15(18)13-9-5-2-6-10-13/h1-10,14H,11H2,(H,17,18). The summed E-state index contributed by atoms with van der Waals surface area (Å²) in [5.74, 6) is -0.0519. The number of halogens is 1. The zero-order valence-corrected chi connectivity index (χ0v) is 11.4. The molecule has 2 aromatic carbocycles. The van der Waals surface area contributed by atoms with Crippen molar-refractivity contribution in [3.05, 3.63) is 71.8 Å². The van der Waals surface area contributed by atoms with Gasteiger partial charge < -0.3 is 5.32 Å². The molecular formula is C15H14BrNO. The van der Waals surface area contributed by atoms with Crippen molar-refractivity contribution in [3.63, 3.8) is 0 Å². The van der Waals surface area contributed by atoms with Gasteiger partial charge in [0.2, 0.25) is 0 Å². The van der Waals surface area contributed by atoms with Gasteiger partial charge >= 0.3 is 0 Å². The second kappa shape index (κ2) is 6.36. The lowest BCUT2D eigenvalue weighted by molar-refractivity contribution is 0.0941. The molecule has 0 saturated carbocycles. The monoisotopic (exact) mass is 303 g/mol. The highest BCUT2D eigenvalue weighted by atomic mass is 79.9. The Bertz CT molecular complexity index is 498. The molecule has 2 aromatic rings. The quantitative estimate of drug-likeness (QED) is 0.860. The van der Waals surface area contributed by atoms with Crippen molar-refractivity contribution in [2.45, 2.75) is 6.04 Å². The number of rotatable bonds is 4. The van der Waals surface area contributed by atoms with Crippen LogP contribution in [0.5, 0.6) is 0 Å². The zero-order chi connectivity index (χ0) is 12.8. The Morgan fingerprint density at radius 3 is 2.11 bits per heavy atom. The van der Waals surface area contributed by atoms with Crippen LogP contribution in [0.4, 0.5) is 0 Å². The van der Waals surface area contributed by atoms with Gasteiger partial charge in [0.25, 0.3) is 5.91 Å². The van der Waals surface area contributed by atoms with Crippen LogP contribution in [0.3, 0.4) is 0 Å². The summed E-state index contributed by atoms with van der Waals surface area (Å²) in [6.45, 7) is 0. The molecule has 0 aromatic heterocycles. The first-order valence-electron chi connectivity index (χ1n) is 5.78. The largest absolute Gasteiger partial charge is 0.344 e. The molecule has 0 fully saturated rings. The van der Waals surface area contributed by atoms with E-state index in [1.54, 1.807) is 0 Å². The molecule has 3 heteroatoms. The maximum absolute atomic E-state index is 12.1. The topological polar surface area (TPSA) is 29.1 Å². The fraction of sp³-hybridized carbons (Fsp3) is 0.133. The Morgan fingerprint density at radius 1 is 1.00 bits per heavy atom. The lowest BCUT2D eigenvalue weighted by Crippen LogP contribution is -2.29. The molecule has 0 saturated heterocycles. The van der Waals surface area contributed by atoms with E-state index in [0.717, 1.165) is 5.56 Å². The summed E-state index contributed by atoms with van der Waals surface area (Å²) in [5.41, 5.74) is 1.78. The second-order valence-electron chi connectivity index (χ2n) is 3.96. The smallest absolute Gasteiger partial charge is 0.251 e. The van der Waals surface area contributed by atoms with Gasteiger partial charge in [0, 0.05) is 10.9 Å². The number of nitrogens with one attached hydrogen (secondary N) is 1. The van der Waals surface area contributed by atoms with E-state index in [9.17, 15) is 4.79 Å². The number of amides is 1. The molecule has 0 aliphatic rings. The van der Waals surface area contributed by atoms with Gasteiger partial charge in [-0.25, -0.2) is 0 Å². The van der Waals surface area contributed by atoms with Crippen LogP contribution in [0.1, 0.15) is 22.0 Å². The van der Waals surface area contributed by atoms with Crippen LogP contribution in [0, 0.1) is 0 Å². The molecule has 0 heterocycles. The second-order valence-corrected chi connectivity index (χ2v) is 4.60. The van der Waals surface area contributed by atoms with Crippen LogP contribution in [-0.4, -0.2) is 11.2 Å². The number of hydrogen-bond acceptors (Lipinski definition) is 1. The van der Waals surface area contributed by atoms with E-state index in [1.165, 1.54) is 0 Å². The summed E-state index contributed by atoms with van der Waals surface area (Å²) in [5, 5.41) is 3.70. The molecule has 0 bridgehead atoms. The fourth-order valence-corrected chi connectivity index (χ4v) is 2.26. The molecule has 0 aliphatic heterocycles. The van der Waals surface area contributed by atoms with E-state index in [0.29, 0.717) is 10.9 Å². The van der Waals surface area contributed by atoms with E-state index in [1.807, 2.05) is 60.7 Å². The van der Waals surface area contributed by atoms with Gasteiger partial charge in [-0.05, 0) is 17.7 Å². The molecule has 1 amide bonds. The molecular weight excluding hydrogens is 290 g/mol. The van der Waals surface area contributed by atoms with Crippen molar-refractivity contribution in [1.82, 2.24) is 5.32 Å². The van der Waals surface area contributed by atoms with Gasteiger partial charge in [-0.3, -0.25) is 4.79 Å². The first kappa shape index (κ1) is 12.8. The summed E-state index contributed by atoms with van der Waals surface area (Å²) in [6.07, 6.45) is 0. The lowest BCUT2D eigenvalue weighted by Gasteiger charge is -2.16. The summed E-state index contributed by atoms with van der Waals surface area (Å²) in [6, 6.07) is 19.2. The number of alkyl halides is 1. The molecule has 2 nitrogen and oxygen atoms in total.